The summed E-state index contributed by atoms with van der Waals surface area (Å²) in [5, 5.41) is 33.9. The summed E-state index contributed by atoms with van der Waals surface area (Å²) in [5.41, 5.74) is 0. The Balaban J connectivity index is 0. The monoisotopic (exact) mass is 242 g/mol. The van der Waals surface area contributed by atoms with Crippen molar-refractivity contribution >= 4 is 10.8 Å². The Bertz CT molecular complexity index is 474. The molecular formula is C10H5Na3O3. The molecule has 0 spiro atoms. The van der Waals surface area contributed by atoms with E-state index in [1.807, 2.05) is 0 Å². The third kappa shape index (κ3) is 4.09. The van der Waals surface area contributed by atoms with E-state index in [0.717, 1.165) is 6.07 Å². The van der Waals surface area contributed by atoms with Crippen LogP contribution in [-0.4, -0.2) is 0 Å². The zero-order valence-electron chi connectivity index (χ0n) is 9.61. The summed E-state index contributed by atoms with van der Waals surface area (Å²) in [6, 6.07) is 6.57. The van der Waals surface area contributed by atoms with E-state index in [4.69, 9.17) is 0 Å². The van der Waals surface area contributed by atoms with E-state index in [1.165, 1.54) is 18.2 Å². The van der Waals surface area contributed by atoms with Gasteiger partial charge in [0, 0.05) is 0 Å². The minimum atomic E-state index is -0.416. The van der Waals surface area contributed by atoms with Gasteiger partial charge >= 0.3 is 88.7 Å². The molecular weight excluding hydrogens is 237 g/mol. The van der Waals surface area contributed by atoms with Crippen LogP contribution in [0.4, 0.5) is 0 Å². The summed E-state index contributed by atoms with van der Waals surface area (Å²) in [6.45, 7) is 0. The fourth-order valence-electron chi connectivity index (χ4n) is 1.30. The predicted octanol–water partition coefficient (Wildman–Crippen LogP) is -8.93. The molecule has 0 aromatic heterocycles. The van der Waals surface area contributed by atoms with Gasteiger partial charge in [0.05, 0.1) is 0 Å². The molecule has 0 radical (unpaired) electrons. The van der Waals surface area contributed by atoms with Gasteiger partial charge in [-0.05, 0) is 10.8 Å². The molecule has 3 nitrogen and oxygen atoms in total. The molecule has 0 aliphatic carbocycles. The zero-order chi connectivity index (χ0) is 9.42. The standard InChI is InChI=1S/C10H8O3.3Na/c11-6-4-8-7(10(13)5-6)2-1-3-9(8)12;;;/h1-5,11-13H;;;/q;3*+1/p-3. The summed E-state index contributed by atoms with van der Waals surface area (Å²) in [6.07, 6.45) is 0. The van der Waals surface area contributed by atoms with E-state index >= 15 is 0 Å². The van der Waals surface area contributed by atoms with Crippen LogP contribution in [0.2, 0.25) is 0 Å². The topological polar surface area (TPSA) is 69.2 Å². The Kier molecular flexibility index (Phi) is 10.0. The van der Waals surface area contributed by atoms with Crippen molar-refractivity contribution < 1.29 is 104 Å². The summed E-state index contributed by atoms with van der Waals surface area (Å²) in [7, 11) is 0. The summed E-state index contributed by atoms with van der Waals surface area (Å²) in [4.78, 5) is 0. The average molecular weight is 242 g/mol. The molecule has 66 valence electrons. The maximum atomic E-state index is 11.2. The number of rotatable bonds is 0. The molecule has 0 heterocycles. The molecule has 0 unspecified atom stereocenters. The molecule has 2 aromatic rings. The molecule has 6 heteroatoms. The second kappa shape index (κ2) is 8.25. The molecule has 0 N–H and O–H groups in total. The number of hydrogen-bond donors (Lipinski definition) is 0. The Morgan fingerprint density at radius 3 is 1.94 bits per heavy atom. The minimum absolute atomic E-state index is 0. The fourth-order valence-corrected chi connectivity index (χ4v) is 1.30. The summed E-state index contributed by atoms with van der Waals surface area (Å²) >= 11 is 0. The van der Waals surface area contributed by atoms with Crippen molar-refractivity contribution in [1.82, 2.24) is 0 Å². The second-order valence-electron chi connectivity index (χ2n) is 2.77. The maximum Gasteiger partial charge on any atom is 1.00 e. The van der Waals surface area contributed by atoms with Gasteiger partial charge < -0.3 is 15.3 Å². The third-order valence-corrected chi connectivity index (χ3v) is 1.89. The van der Waals surface area contributed by atoms with Crippen molar-refractivity contribution in [2.75, 3.05) is 0 Å². The van der Waals surface area contributed by atoms with Crippen molar-refractivity contribution in [1.29, 1.82) is 0 Å². The maximum absolute atomic E-state index is 11.2. The Hall–Kier alpha value is 1.10. The van der Waals surface area contributed by atoms with Gasteiger partial charge in [-0.2, -0.15) is 0 Å². The van der Waals surface area contributed by atoms with Crippen LogP contribution in [-0.2, 0) is 0 Å². The van der Waals surface area contributed by atoms with Crippen LogP contribution in [0, 0.1) is 0 Å². The number of hydrogen-bond acceptors (Lipinski definition) is 3. The van der Waals surface area contributed by atoms with Crippen molar-refractivity contribution in [3.05, 3.63) is 30.3 Å². The van der Waals surface area contributed by atoms with Gasteiger partial charge in [-0.15, -0.1) is 17.2 Å². The van der Waals surface area contributed by atoms with Crippen LogP contribution < -0.4 is 104 Å². The van der Waals surface area contributed by atoms with Gasteiger partial charge in [-0.25, -0.2) is 0 Å². The van der Waals surface area contributed by atoms with Crippen LogP contribution in [0.15, 0.2) is 30.3 Å². The van der Waals surface area contributed by atoms with E-state index in [-0.39, 0.29) is 106 Å². The third-order valence-electron chi connectivity index (χ3n) is 1.89. The van der Waals surface area contributed by atoms with Crippen molar-refractivity contribution in [3.8, 4) is 17.2 Å². The molecule has 2 rings (SSSR count). The summed E-state index contributed by atoms with van der Waals surface area (Å²) in [5.74, 6) is -1.09. The van der Waals surface area contributed by atoms with Gasteiger partial charge in [0.2, 0.25) is 0 Å². The fraction of sp³-hybridized carbons (Fsp3) is 0. The molecule has 16 heavy (non-hydrogen) atoms. The van der Waals surface area contributed by atoms with Crippen LogP contribution in [0.5, 0.6) is 17.2 Å². The normalized spacial score (nSPS) is 8.50. The van der Waals surface area contributed by atoms with E-state index in [0.29, 0.717) is 5.39 Å². The van der Waals surface area contributed by atoms with E-state index in [2.05, 4.69) is 0 Å². The molecule has 0 fully saturated rings. The van der Waals surface area contributed by atoms with Crippen molar-refractivity contribution in [2.45, 2.75) is 0 Å². The van der Waals surface area contributed by atoms with Crippen LogP contribution >= 0.6 is 0 Å². The number of benzene rings is 2. The minimum Gasteiger partial charge on any atom is -0.872 e. The molecule has 0 aliphatic heterocycles. The van der Waals surface area contributed by atoms with Gasteiger partial charge in [-0.3, -0.25) is 0 Å². The molecule has 0 aliphatic rings. The van der Waals surface area contributed by atoms with Crippen molar-refractivity contribution in [3.63, 3.8) is 0 Å². The van der Waals surface area contributed by atoms with E-state index < -0.39 is 5.75 Å². The second-order valence-corrected chi connectivity index (χ2v) is 2.77. The molecule has 0 saturated heterocycles. The SMILES string of the molecule is [Na+].[Na+].[Na+].[O-]c1cc([O-])c2cccc([O-])c2c1. The first-order valence-corrected chi connectivity index (χ1v) is 3.76. The smallest absolute Gasteiger partial charge is 0.872 e. The van der Waals surface area contributed by atoms with Gasteiger partial charge in [0.25, 0.3) is 0 Å². The molecule has 0 atom stereocenters. The van der Waals surface area contributed by atoms with Crippen molar-refractivity contribution in [2.24, 2.45) is 0 Å². The Labute approximate surface area is 160 Å². The Morgan fingerprint density at radius 1 is 0.688 bits per heavy atom. The van der Waals surface area contributed by atoms with Gasteiger partial charge in [0.15, 0.2) is 0 Å². The molecule has 0 bridgehead atoms. The molecule has 0 saturated carbocycles. The van der Waals surface area contributed by atoms with E-state index in [1.54, 1.807) is 6.07 Å². The number of fused-ring (bicyclic) bond motifs is 1. The first-order valence-electron chi connectivity index (χ1n) is 3.76. The first-order chi connectivity index (χ1) is 6.18. The van der Waals surface area contributed by atoms with E-state index in [9.17, 15) is 15.3 Å². The van der Waals surface area contributed by atoms with Gasteiger partial charge in [0.1, 0.15) is 0 Å². The largest absolute Gasteiger partial charge is 1.00 e. The first kappa shape index (κ1) is 19.4. The zero-order valence-corrected chi connectivity index (χ0v) is 15.6. The van der Waals surface area contributed by atoms with Gasteiger partial charge in [-0.1, -0.05) is 30.3 Å². The Morgan fingerprint density at radius 2 is 1.31 bits per heavy atom. The molecule has 0 amide bonds. The average Bonchev–Trinajstić information content (AvgIpc) is 2.07. The van der Waals surface area contributed by atoms with Crippen LogP contribution in [0.1, 0.15) is 0 Å². The molecule has 2 aromatic carbocycles. The predicted molar refractivity (Wildman–Crippen MR) is 42.3 cm³/mol. The van der Waals surface area contributed by atoms with Crippen LogP contribution in [0.25, 0.3) is 10.8 Å². The van der Waals surface area contributed by atoms with Crippen LogP contribution in [0.3, 0.4) is 0 Å². The quantitative estimate of drug-likeness (QED) is 0.431. The summed E-state index contributed by atoms with van der Waals surface area (Å²) < 4.78 is 0.